The summed E-state index contributed by atoms with van der Waals surface area (Å²) >= 11 is 0. The zero-order valence-corrected chi connectivity index (χ0v) is 19.3. The summed E-state index contributed by atoms with van der Waals surface area (Å²) in [5, 5.41) is 12.7. The van der Waals surface area contributed by atoms with E-state index in [1.165, 1.54) is 0 Å². The Balaban J connectivity index is 1.69. The molecule has 3 rings (SSSR count). The lowest BCUT2D eigenvalue weighted by Gasteiger charge is -2.31. The smallest absolute Gasteiger partial charge is 0.420 e. The van der Waals surface area contributed by atoms with Crippen LogP contribution in [0.4, 0.5) is 18.0 Å². The molecule has 0 fully saturated rings. The van der Waals surface area contributed by atoms with Crippen molar-refractivity contribution in [1.82, 2.24) is 10.6 Å². The van der Waals surface area contributed by atoms with E-state index in [9.17, 15) is 27.6 Å². The summed E-state index contributed by atoms with van der Waals surface area (Å²) < 4.78 is 46.7. The second kappa shape index (κ2) is 10.4. The van der Waals surface area contributed by atoms with Gasteiger partial charge in [0.25, 0.3) is 5.91 Å². The summed E-state index contributed by atoms with van der Waals surface area (Å²) in [4.78, 5) is 35.8. The zero-order valence-electron chi connectivity index (χ0n) is 19.3. The van der Waals surface area contributed by atoms with Crippen LogP contribution in [0.5, 0.6) is 0 Å². The number of fused-ring (bicyclic) bond motifs is 3. The number of carboxylic acids is 1. The fourth-order valence-corrected chi connectivity index (χ4v) is 4.12. The number of ether oxygens (including phenoxy) is 1. The molecule has 1 aliphatic carbocycles. The van der Waals surface area contributed by atoms with Gasteiger partial charge in [0.1, 0.15) is 6.61 Å². The number of hydrogen-bond donors (Lipinski definition) is 3. The summed E-state index contributed by atoms with van der Waals surface area (Å²) in [6, 6.07) is 15.0. The Morgan fingerprint density at radius 2 is 1.57 bits per heavy atom. The topological polar surface area (TPSA) is 105 Å². The molecule has 0 saturated carbocycles. The molecule has 3 N–H and O–H groups in total. The average molecular weight is 492 g/mol. The van der Waals surface area contributed by atoms with E-state index in [0.717, 1.165) is 22.3 Å². The van der Waals surface area contributed by atoms with E-state index in [-0.39, 0.29) is 25.5 Å². The Kier molecular flexibility index (Phi) is 7.72. The molecule has 35 heavy (non-hydrogen) atoms. The molecular formula is C25H27F3N2O5. The van der Waals surface area contributed by atoms with Gasteiger partial charge in [-0.3, -0.25) is 14.9 Å². The number of benzene rings is 2. The van der Waals surface area contributed by atoms with E-state index in [2.05, 4.69) is 5.32 Å². The second-order valence-corrected chi connectivity index (χ2v) is 8.66. The molecule has 2 unspecified atom stereocenters. The monoisotopic (exact) mass is 492 g/mol. The van der Waals surface area contributed by atoms with E-state index in [0.29, 0.717) is 13.3 Å². The molecule has 0 bridgehead atoms. The molecule has 0 aliphatic heterocycles. The number of hydrogen-bond acceptors (Lipinski definition) is 4. The largest absolute Gasteiger partial charge is 0.481 e. The Bertz CT molecular complexity index is 1060. The maximum Gasteiger partial charge on any atom is 0.420 e. The highest BCUT2D eigenvalue weighted by molar-refractivity contribution is 5.90. The third-order valence-electron chi connectivity index (χ3n) is 6.31. The number of halogens is 3. The van der Waals surface area contributed by atoms with Crippen LogP contribution in [0.25, 0.3) is 11.1 Å². The van der Waals surface area contributed by atoms with Gasteiger partial charge in [-0.25, -0.2) is 4.79 Å². The van der Waals surface area contributed by atoms with Crippen molar-refractivity contribution in [3.05, 3.63) is 59.7 Å². The lowest BCUT2D eigenvalue weighted by atomic mass is 9.98. The molecular weight excluding hydrogens is 465 g/mol. The minimum Gasteiger partial charge on any atom is -0.481 e. The van der Waals surface area contributed by atoms with Gasteiger partial charge in [0.2, 0.25) is 5.54 Å². The van der Waals surface area contributed by atoms with Crippen LogP contribution in [-0.2, 0) is 14.3 Å². The van der Waals surface area contributed by atoms with Crippen molar-refractivity contribution >= 4 is 18.0 Å². The summed E-state index contributed by atoms with van der Waals surface area (Å²) in [6.07, 6.45) is -6.48. The predicted molar refractivity (Wildman–Crippen MR) is 122 cm³/mol. The quantitative estimate of drug-likeness (QED) is 0.479. The summed E-state index contributed by atoms with van der Waals surface area (Å²) in [5.41, 5.74) is 0.438. The second-order valence-electron chi connectivity index (χ2n) is 8.66. The maximum atomic E-state index is 13.8. The number of rotatable bonds is 9. The fourth-order valence-electron chi connectivity index (χ4n) is 4.12. The number of amides is 2. The zero-order chi connectivity index (χ0) is 25.8. The molecule has 0 spiro atoms. The van der Waals surface area contributed by atoms with Crippen LogP contribution in [0.2, 0.25) is 0 Å². The lowest BCUT2D eigenvalue weighted by molar-refractivity contribution is -0.194. The molecule has 2 amide bonds. The van der Waals surface area contributed by atoms with Crippen molar-refractivity contribution in [2.75, 3.05) is 13.2 Å². The third kappa shape index (κ3) is 5.58. The van der Waals surface area contributed by atoms with Crippen LogP contribution < -0.4 is 10.6 Å². The van der Waals surface area contributed by atoms with E-state index >= 15 is 0 Å². The Hall–Kier alpha value is -3.56. The number of alkyl halides is 3. The number of alkyl carbamates (subject to hydrolysis) is 1. The minimum atomic E-state index is -5.13. The highest BCUT2D eigenvalue weighted by Gasteiger charge is 2.58. The van der Waals surface area contributed by atoms with Crippen LogP contribution in [0.1, 0.15) is 43.7 Å². The van der Waals surface area contributed by atoms with Gasteiger partial charge in [-0.2, -0.15) is 13.2 Å². The van der Waals surface area contributed by atoms with Gasteiger partial charge in [0.15, 0.2) is 0 Å². The molecule has 0 heterocycles. The molecule has 2 atom stereocenters. The van der Waals surface area contributed by atoms with Crippen LogP contribution in [0.3, 0.4) is 0 Å². The maximum absolute atomic E-state index is 13.8. The van der Waals surface area contributed by atoms with Crippen molar-refractivity contribution in [2.24, 2.45) is 5.92 Å². The van der Waals surface area contributed by atoms with E-state index in [1.54, 1.807) is 12.2 Å². The first-order valence-corrected chi connectivity index (χ1v) is 11.2. The van der Waals surface area contributed by atoms with E-state index in [4.69, 9.17) is 9.84 Å². The molecule has 2 aromatic carbocycles. The molecule has 0 aromatic heterocycles. The number of carbonyl (C=O) groups is 3. The van der Waals surface area contributed by atoms with Crippen molar-refractivity contribution in [3.8, 4) is 11.1 Å². The van der Waals surface area contributed by atoms with Crippen molar-refractivity contribution in [1.29, 1.82) is 0 Å². The van der Waals surface area contributed by atoms with Crippen LogP contribution in [-0.4, -0.2) is 47.9 Å². The van der Waals surface area contributed by atoms with Gasteiger partial charge in [0, 0.05) is 18.9 Å². The summed E-state index contributed by atoms with van der Waals surface area (Å²) in [7, 11) is 0. The lowest BCUT2D eigenvalue weighted by Crippen LogP contribution is -2.65. The first-order valence-electron chi connectivity index (χ1n) is 11.2. The van der Waals surface area contributed by atoms with Gasteiger partial charge in [0.05, 0.1) is 0 Å². The van der Waals surface area contributed by atoms with E-state index < -0.39 is 35.6 Å². The minimum absolute atomic E-state index is 0.216. The number of carbonyl (C=O) groups excluding carboxylic acids is 2. The molecule has 7 nitrogen and oxygen atoms in total. The van der Waals surface area contributed by atoms with Crippen molar-refractivity contribution in [3.63, 3.8) is 0 Å². The fraction of sp³-hybridized carbons (Fsp3) is 0.400. The Labute approximate surface area is 200 Å². The summed E-state index contributed by atoms with van der Waals surface area (Å²) in [5.74, 6) is -3.53. The Morgan fingerprint density at radius 3 is 2.06 bits per heavy atom. The number of nitrogens with one attached hydrogen (secondary N) is 2. The SMILES string of the molecule is CCC(CNC(=O)C(C)(NC(=O)OCC1c2ccccc2-c2ccccc21)C(F)(F)F)CC(=O)O. The van der Waals surface area contributed by atoms with Gasteiger partial charge >= 0.3 is 18.2 Å². The van der Waals surface area contributed by atoms with Crippen molar-refractivity contribution in [2.45, 2.75) is 44.3 Å². The van der Waals surface area contributed by atoms with Crippen LogP contribution >= 0.6 is 0 Å². The molecule has 0 radical (unpaired) electrons. The first kappa shape index (κ1) is 26.1. The molecule has 2 aromatic rings. The third-order valence-corrected chi connectivity index (χ3v) is 6.31. The van der Waals surface area contributed by atoms with Crippen molar-refractivity contribution < 1.29 is 37.4 Å². The van der Waals surface area contributed by atoms with Crippen LogP contribution in [0, 0.1) is 5.92 Å². The van der Waals surface area contributed by atoms with Gasteiger partial charge in [-0.1, -0.05) is 61.9 Å². The van der Waals surface area contributed by atoms with Crippen LogP contribution in [0.15, 0.2) is 48.5 Å². The number of aliphatic carboxylic acids is 1. The first-order chi connectivity index (χ1) is 16.5. The molecule has 0 saturated heterocycles. The highest BCUT2D eigenvalue weighted by Crippen LogP contribution is 2.44. The molecule has 10 heteroatoms. The van der Waals surface area contributed by atoms with Gasteiger partial charge in [-0.05, 0) is 35.1 Å². The summed E-state index contributed by atoms with van der Waals surface area (Å²) in [6.45, 7) is 1.71. The average Bonchev–Trinajstić information content (AvgIpc) is 3.12. The van der Waals surface area contributed by atoms with Gasteiger partial charge < -0.3 is 15.2 Å². The standard InChI is InChI=1S/C25H27F3N2O5/c1-3-15(12-21(31)32)13-29-22(33)24(2,25(26,27)28)30-23(34)35-14-20-18-10-6-4-8-16(18)17-9-5-7-11-19(17)20/h4-11,15,20H,3,12-14H2,1-2H3,(H,29,33)(H,30,34)(H,31,32). The highest BCUT2D eigenvalue weighted by atomic mass is 19.4. The molecule has 1 aliphatic rings. The normalized spacial score (nSPS) is 15.3. The Morgan fingerprint density at radius 1 is 1.03 bits per heavy atom. The number of carboxylic acid groups (broad SMARTS) is 1. The predicted octanol–water partition coefficient (Wildman–Crippen LogP) is 4.46. The van der Waals surface area contributed by atoms with Gasteiger partial charge in [-0.15, -0.1) is 0 Å². The van der Waals surface area contributed by atoms with E-state index in [1.807, 2.05) is 48.5 Å². The molecule has 188 valence electrons.